The highest BCUT2D eigenvalue weighted by molar-refractivity contribution is 7.07. The molecule has 1 atom stereocenters. The van der Waals surface area contributed by atoms with Gasteiger partial charge in [0.05, 0.1) is 11.2 Å². The molecule has 0 amide bonds. The fraction of sp³-hybridized carbons (Fsp3) is 0.250. The minimum absolute atomic E-state index is 0.138. The van der Waals surface area contributed by atoms with Crippen LogP contribution in [-0.2, 0) is 7.05 Å². The van der Waals surface area contributed by atoms with Gasteiger partial charge in [-0.3, -0.25) is 5.84 Å². The molecule has 0 aliphatic carbocycles. The van der Waals surface area contributed by atoms with Gasteiger partial charge in [0.25, 0.3) is 0 Å². The van der Waals surface area contributed by atoms with Crippen LogP contribution < -0.4 is 11.3 Å². The Morgan fingerprint density at radius 2 is 2.43 bits per heavy atom. The molecule has 0 radical (unpaired) electrons. The van der Waals surface area contributed by atoms with Gasteiger partial charge in [-0.1, -0.05) is 0 Å². The zero-order valence-corrected chi connectivity index (χ0v) is 8.53. The highest BCUT2D eigenvalue weighted by Gasteiger charge is 2.17. The Morgan fingerprint density at radius 3 is 2.93 bits per heavy atom. The number of nitrogens with zero attached hydrogens (tertiary/aromatic N) is 3. The van der Waals surface area contributed by atoms with E-state index < -0.39 is 0 Å². The van der Waals surface area contributed by atoms with Crippen molar-refractivity contribution in [1.29, 1.82) is 0 Å². The van der Waals surface area contributed by atoms with Crippen LogP contribution in [0.5, 0.6) is 0 Å². The Morgan fingerprint density at radius 1 is 1.57 bits per heavy atom. The molecule has 2 heterocycles. The number of rotatable bonds is 3. The van der Waals surface area contributed by atoms with E-state index in [1.165, 1.54) is 0 Å². The molecule has 74 valence electrons. The molecule has 14 heavy (non-hydrogen) atoms. The maximum absolute atomic E-state index is 5.49. The largest absolute Gasteiger partial charge is 0.336 e. The first-order valence-corrected chi connectivity index (χ1v) is 5.08. The van der Waals surface area contributed by atoms with Crippen LogP contribution in [0.2, 0.25) is 0 Å². The number of hydrogen-bond donors (Lipinski definition) is 2. The van der Waals surface area contributed by atoms with E-state index in [1.54, 1.807) is 23.0 Å². The smallest absolute Gasteiger partial charge is 0.133 e. The van der Waals surface area contributed by atoms with Crippen molar-refractivity contribution in [3.8, 4) is 0 Å². The van der Waals surface area contributed by atoms with E-state index >= 15 is 0 Å². The average Bonchev–Trinajstić information content (AvgIpc) is 2.80. The lowest BCUT2D eigenvalue weighted by Crippen LogP contribution is -2.31. The summed E-state index contributed by atoms with van der Waals surface area (Å²) in [5.74, 6) is 6.35. The molecule has 0 bridgehead atoms. The maximum atomic E-state index is 5.49. The number of aromatic nitrogens is 3. The molecule has 5 nitrogen and oxygen atoms in total. The molecular weight excluding hydrogens is 198 g/mol. The van der Waals surface area contributed by atoms with Crippen LogP contribution in [0, 0.1) is 0 Å². The first-order chi connectivity index (χ1) is 6.83. The van der Waals surface area contributed by atoms with Crippen molar-refractivity contribution in [2.75, 3.05) is 0 Å². The first kappa shape index (κ1) is 9.32. The number of thiazole rings is 1. The van der Waals surface area contributed by atoms with Crippen LogP contribution in [0.15, 0.2) is 23.3 Å². The third kappa shape index (κ3) is 1.54. The van der Waals surface area contributed by atoms with Crippen LogP contribution in [0.25, 0.3) is 0 Å². The van der Waals surface area contributed by atoms with E-state index in [-0.39, 0.29) is 6.04 Å². The topological polar surface area (TPSA) is 68.8 Å². The summed E-state index contributed by atoms with van der Waals surface area (Å²) in [7, 11) is 1.93. The van der Waals surface area contributed by atoms with E-state index in [0.29, 0.717) is 0 Å². The first-order valence-electron chi connectivity index (χ1n) is 4.14. The molecular formula is C8H11N5S. The zero-order valence-electron chi connectivity index (χ0n) is 7.71. The van der Waals surface area contributed by atoms with Gasteiger partial charge in [-0.25, -0.2) is 15.4 Å². The molecule has 2 rings (SSSR count). The summed E-state index contributed by atoms with van der Waals surface area (Å²) in [6, 6.07) is -0.138. The normalized spacial score (nSPS) is 13.0. The lowest BCUT2D eigenvalue weighted by atomic mass is 10.2. The zero-order chi connectivity index (χ0) is 9.97. The Labute approximate surface area is 85.6 Å². The van der Waals surface area contributed by atoms with Crippen LogP contribution in [0.4, 0.5) is 0 Å². The molecule has 0 saturated carbocycles. The average molecular weight is 209 g/mol. The van der Waals surface area contributed by atoms with Gasteiger partial charge in [0.15, 0.2) is 0 Å². The molecule has 6 heteroatoms. The van der Waals surface area contributed by atoms with E-state index in [0.717, 1.165) is 11.5 Å². The van der Waals surface area contributed by atoms with Gasteiger partial charge in [0, 0.05) is 24.8 Å². The number of aryl methyl sites for hydroxylation is 1. The monoisotopic (exact) mass is 209 g/mol. The number of nitrogens with one attached hydrogen (secondary N) is 1. The van der Waals surface area contributed by atoms with Gasteiger partial charge in [-0.2, -0.15) is 0 Å². The quantitative estimate of drug-likeness (QED) is 0.568. The van der Waals surface area contributed by atoms with Crippen molar-refractivity contribution in [3.05, 3.63) is 34.8 Å². The summed E-state index contributed by atoms with van der Waals surface area (Å²) in [5, 5.41) is 1.96. The van der Waals surface area contributed by atoms with E-state index in [4.69, 9.17) is 5.84 Å². The Balaban J connectivity index is 2.36. The summed E-state index contributed by atoms with van der Waals surface area (Å²) in [4.78, 5) is 8.44. The summed E-state index contributed by atoms with van der Waals surface area (Å²) >= 11 is 1.54. The number of imidazole rings is 1. The van der Waals surface area contributed by atoms with Gasteiger partial charge < -0.3 is 4.57 Å². The van der Waals surface area contributed by atoms with Gasteiger partial charge in [-0.15, -0.1) is 11.3 Å². The lowest BCUT2D eigenvalue weighted by Gasteiger charge is -2.12. The van der Waals surface area contributed by atoms with Gasteiger partial charge >= 0.3 is 0 Å². The van der Waals surface area contributed by atoms with E-state index in [9.17, 15) is 0 Å². The second-order valence-corrected chi connectivity index (χ2v) is 3.63. The molecule has 2 aromatic rings. The maximum Gasteiger partial charge on any atom is 0.133 e. The van der Waals surface area contributed by atoms with E-state index in [2.05, 4.69) is 15.4 Å². The van der Waals surface area contributed by atoms with Gasteiger partial charge in [0.1, 0.15) is 11.9 Å². The second kappa shape index (κ2) is 3.87. The highest BCUT2D eigenvalue weighted by Crippen LogP contribution is 2.18. The van der Waals surface area contributed by atoms with Crippen molar-refractivity contribution in [2.45, 2.75) is 6.04 Å². The van der Waals surface area contributed by atoms with Gasteiger partial charge in [-0.05, 0) is 0 Å². The molecule has 0 aliphatic rings. The van der Waals surface area contributed by atoms with Crippen LogP contribution in [0.3, 0.4) is 0 Å². The lowest BCUT2D eigenvalue weighted by molar-refractivity contribution is 0.570. The molecule has 0 aromatic carbocycles. The summed E-state index contributed by atoms with van der Waals surface area (Å²) in [6.07, 6.45) is 3.62. The molecule has 3 N–H and O–H groups in total. The summed E-state index contributed by atoms with van der Waals surface area (Å²) in [5.41, 5.74) is 5.38. The van der Waals surface area contributed by atoms with Crippen molar-refractivity contribution in [2.24, 2.45) is 12.9 Å². The van der Waals surface area contributed by atoms with E-state index in [1.807, 2.05) is 23.2 Å². The fourth-order valence-corrected chi connectivity index (χ4v) is 1.89. The van der Waals surface area contributed by atoms with Crippen LogP contribution >= 0.6 is 11.3 Å². The Hall–Kier alpha value is -1.24. The SMILES string of the molecule is Cn1ccnc1C(NN)c1cscn1. The number of hydrogen-bond acceptors (Lipinski definition) is 5. The molecule has 0 aliphatic heterocycles. The van der Waals surface area contributed by atoms with Crippen molar-refractivity contribution in [3.63, 3.8) is 0 Å². The molecule has 0 fully saturated rings. The highest BCUT2D eigenvalue weighted by atomic mass is 32.1. The summed E-state index contributed by atoms with van der Waals surface area (Å²) in [6.45, 7) is 0. The number of nitrogens with two attached hydrogens (primary N) is 1. The van der Waals surface area contributed by atoms with Crippen molar-refractivity contribution < 1.29 is 0 Å². The van der Waals surface area contributed by atoms with Crippen LogP contribution in [0.1, 0.15) is 17.6 Å². The molecule has 0 spiro atoms. The number of hydrazine groups is 1. The Bertz CT molecular complexity index is 394. The molecule has 2 aromatic heterocycles. The van der Waals surface area contributed by atoms with Crippen molar-refractivity contribution in [1.82, 2.24) is 20.0 Å². The fourth-order valence-electron chi connectivity index (χ4n) is 1.31. The summed E-state index contributed by atoms with van der Waals surface area (Å²) < 4.78 is 1.92. The third-order valence-corrected chi connectivity index (χ3v) is 2.64. The predicted octanol–water partition coefficient (Wildman–Crippen LogP) is 0.429. The third-order valence-electron chi connectivity index (χ3n) is 2.03. The van der Waals surface area contributed by atoms with Crippen molar-refractivity contribution >= 4 is 11.3 Å². The van der Waals surface area contributed by atoms with Crippen LogP contribution in [-0.4, -0.2) is 14.5 Å². The minimum Gasteiger partial charge on any atom is -0.336 e. The molecule has 1 unspecified atom stereocenters. The Kier molecular flexibility index (Phi) is 2.58. The second-order valence-electron chi connectivity index (χ2n) is 2.91. The minimum atomic E-state index is -0.138. The predicted molar refractivity (Wildman–Crippen MR) is 54.5 cm³/mol. The standard InChI is InChI=1S/C8H11N5S/c1-13-3-2-10-8(13)7(12-9)6-4-14-5-11-6/h2-5,7,12H,9H2,1H3. The van der Waals surface area contributed by atoms with Gasteiger partial charge in [0.2, 0.25) is 0 Å². The molecule has 0 saturated heterocycles.